The summed E-state index contributed by atoms with van der Waals surface area (Å²) in [6.45, 7) is 10.4. The molecule has 0 N–H and O–H groups in total. The van der Waals surface area contributed by atoms with Crippen molar-refractivity contribution in [2.75, 3.05) is 0 Å². The Morgan fingerprint density at radius 1 is 0.609 bits per heavy atom. The van der Waals surface area contributed by atoms with Gasteiger partial charge in [0.25, 0.3) is 0 Å². The van der Waals surface area contributed by atoms with Gasteiger partial charge in [0.2, 0.25) is 11.5 Å². The molecule has 4 aromatic heterocycles. The number of hydrogen-bond donors (Lipinski definition) is 0. The maximum atomic E-state index is 12.3. The molecule has 10 nitrogen and oxygen atoms in total. The van der Waals surface area contributed by atoms with Crippen LogP contribution in [0.15, 0.2) is 87.3 Å². The van der Waals surface area contributed by atoms with Crippen LogP contribution in [0.4, 0.5) is 0 Å². The summed E-state index contributed by atoms with van der Waals surface area (Å²) in [6, 6.07) is 5.91. The van der Waals surface area contributed by atoms with E-state index in [9.17, 15) is 19.2 Å². The average molecular weight is 623 g/mol. The SMILES string of the molecule is CC(=O)Oc1c2oc(=O)ccc2c(CC=C(C)C)c2c(-c3coc4c(OC(C)=O)c5oc(=O)ccc5c(CC=C(C)C)c34)coc12. The molecule has 0 aliphatic heterocycles. The van der Waals surface area contributed by atoms with E-state index >= 15 is 0 Å². The summed E-state index contributed by atoms with van der Waals surface area (Å²) in [7, 11) is 0. The highest BCUT2D eigenvalue weighted by atomic mass is 16.6. The zero-order valence-electron chi connectivity index (χ0n) is 26.1. The van der Waals surface area contributed by atoms with Crippen molar-refractivity contribution in [3.63, 3.8) is 0 Å². The van der Waals surface area contributed by atoms with Crippen LogP contribution in [-0.2, 0) is 22.4 Å². The molecule has 10 heteroatoms. The van der Waals surface area contributed by atoms with Gasteiger partial charge in [-0.25, -0.2) is 9.59 Å². The van der Waals surface area contributed by atoms with Crippen LogP contribution in [0, 0.1) is 0 Å². The number of esters is 2. The monoisotopic (exact) mass is 622 g/mol. The molecule has 0 spiro atoms. The van der Waals surface area contributed by atoms with Gasteiger partial charge in [-0.2, -0.15) is 0 Å². The Balaban J connectivity index is 1.80. The average Bonchev–Trinajstić information content (AvgIpc) is 3.61. The third-order valence-corrected chi connectivity index (χ3v) is 7.54. The number of benzene rings is 2. The van der Waals surface area contributed by atoms with E-state index in [0.717, 1.165) is 22.3 Å². The Morgan fingerprint density at radius 2 is 1.00 bits per heavy atom. The van der Waals surface area contributed by atoms with Crippen molar-refractivity contribution in [3.8, 4) is 22.6 Å². The summed E-state index contributed by atoms with van der Waals surface area (Å²) < 4.78 is 34.6. The van der Waals surface area contributed by atoms with E-state index in [0.29, 0.717) is 45.5 Å². The third kappa shape index (κ3) is 5.32. The van der Waals surface area contributed by atoms with Gasteiger partial charge < -0.3 is 27.1 Å². The van der Waals surface area contributed by atoms with Crippen LogP contribution in [0.1, 0.15) is 52.7 Å². The normalized spacial score (nSPS) is 11.3. The second kappa shape index (κ2) is 11.7. The first-order valence-corrected chi connectivity index (χ1v) is 14.6. The van der Waals surface area contributed by atoms with Gasteiger partial charge in [-0.3, -0.25) is 9.59 Å². The molecule has 0 radical (unpaired) electrons. The van der Waals surface area contributed by atoms with Crippen LogP contribution < -0.4 is 20.7 Å². The second-order valence-electron chi connectivity index (χ2n) is 11.5. The van der Waals surface area contributed by atoms with Crippen molar-refractivity contribution in [3.05, 3.63) is 92.1 Å². The Morgan fingerprint density at radius 3 is 1.35 bits per heavy atom. The van der Waals surface area contributed by atoms with Gasteiger partial charge >= 0.3 is 23.2 Å². The zero-order chi connectivity index (χ0) is 32.9. The molecule has 2 aromatic carbocycles. The van der Waals surface area contributed by atoms with E-state index in [1.807, 2.05) is 39.8 Å². The number of furan rings is 2. The highest BCUT2D eigenvalue weighted by Crippen LogP contribution is 2.49. The molecule has 0 saturated heterocycles. The Labute approximate surface area is 261 Å². The number of allylic oxidation sites excluding steroid dienone is 4. The van der Waals surface area contributed by atoms with Gasteiger partial charge in [0.15, 0.2) is 22.3 Å². The molecular formula is C36H30O10. The predicted octanol–water partition coefficient (Wildman–Crippen LogP) is 7.93. The predicted molar refractivity (Wildman–Crippen MR) is 172 cm³/mol. The summed E-state index contributed by atoms with van der Waals surface area (Å²) in [5, 5.41) is 2.35. The van der Waals surface area contributed by atoms with E-state index in [4.69, 9.17) is 27.1 Å². The first kappa shape index (κ1) is 30.4. The Kier molecular flexibility index (Phi) is 7.73. The lowest BCUT2D eigenvalue weighted by molar-refractivity contribution is -0.132. The van der Waals surface area contributed by atoms with Gasteiger partial charge in [0.05, 0.1) is 12.5 Å². The van der Waals surface area contributed by atoms with E-state index < -0.39 is 23.2 Å². The minimum atomic E-state index is -0.624. The summed E-state index contributed by atoms with van der Waals surface area (Å²) in [5.74, 6) is -1.29. The fourth-order valence-corrected chi connectivity index (χ4v) is 5.68. The molecule has 46 heavy (non-hydrogen) atoms. The van der Waals surface area contributed by atoms with Gasteiger partial charge in [0.1, 0.15) is 0 Å². The van der Waals surface area contributed by atoms with Crippen molar-refractivity contribution in [2.45, 2.75) is 54.4 Å². The van der Waals surface area contributed by atoms with Crippen molar-refractivity contribution >= 4 is 55.8 Å². The Hall–Kier alpha value is -5.64. The van der Waals surface area contributed by atoms with Crippen LogP contribution in [0.3, 0.4) is 0 Å². The topological polar surface area (TPSA) is 139 Å². The molecule has 0 aliphatic carbocycles. The van der Waals surface area contributed by atoms with E-state index in [1.54, 1.807) is 12.1 Å². The number of carbonyl (C=O) groups excluding carboxylic acids is 2. The summed E-state index contributed by atoms with van der Waals surface area (Å²) in [5.41, 5.74) is 4.21. The minimum absolute atomic E-state index is 0.0206. The fraction of sp³-hybridized carbons (Fsp3) is 0.222. The van der Waals surface area contributed by atoms with E-state index in [1.165, 1.54) is 38.5 Å². The maximum absolute atomic E-state index is 12.3. The molecule has 0 saturated carbocycles. The molecule has 6 rings (SSSR count). The molecule has 0 fully saturated rings. The molecular weight excluding hydrogens is 592 g/mol. The quantitative estimate of drug-likeness (QED) is 0.0746. The highest BCUT2D eigenvalue weighted by Gasteiger charge is 2.29. The number of ether oxygens (including phenoxy) is 2. The lowest BCUT2D eigenvalue weighted by Crippen LogP contribution is -2.05. The molecule has 0 amide bonds. The first-order chi connectivity index (χ1) is 21.9. The second-order valence-corrected chi connectivity index (χ2v) is 11.5. The molecule has 0 unspecified atom stereocenters. The van der Waals surface area contributed by atoms with Gasteiger partial charge in [-0.05, 0) is 63.8 Å². The number of carbonyl (C=O) groups is 2. The van der Waals surface area contributed by atoms with Crippen LogP contribution in [0.5, 0.6) is 11.5 Å². The number of fused-ring (bicyclic) bond motifs is 4. The van der Waals surface area contributed by atoms with Crippen molar-refractivity contribution in [1.29, 1.82) is 0 Å². The van der Waals surface area contributed by atoms with Crippen molar-refractivity contribution in [1.82, 2.24) is 0 Å². The Bertz CT molecular complexity index is 2230. The van der Waals surface area contributed by atoms with Crippen molar-refractivity contribution < 1.29 is 36.7 Å². The van der Waals surface area contributed by atoms with Gasteiger partial charge in [-0.1, -0.05) is 23.3 Å². The summed E-state index contributed by atoms with van der Waals surface area (Å²) in [4.78, 5) is 49.2. The number of hydrogen-bond acceptors (Lipinski definition) is 10. The first-order valence-electron chi connectivity index (χ1n) is 14.6. The largest absolute Gasteiger partial charge is 0.460 e. The summed E-state index contributed by atoms with van der Waals surface area (Å²) >= 11 is 0. The van der Waals surface area contributed by atoms with Gasteiger partial charge in [0, 0.05) is 58.7 Å². The van der Waals surface area contributed by atoms with E-state index in [2.05, 4.69) is 0 Å². The minimum Gasteiger partial charge on any atom is -0.460 e. The summed E-state index contributed by atoms with van der Waals surface area (Å²) in [6.07, 6.45) is 7.98. The van der Waals surface area contributed by atoms with Gasteiger partial charge in [-0.15, -0.1) is 0 Å². The van der Waals surface area contributed by atoms with Crippen LogP contribution >= 0.6 is 0 Å². The van der Waals surface area contributed by atoms with E-state index in [-0.39, 0.29) is 33.8 Å². The zero-order valence-corrected chi connectivity index (χ0v) is 26.1. The number of rotatable bonds is 7. The maximum Gasteiger partial charge on any atom is 0.336 e. The van der Waals surface area contributed by atoms with Crippen LogP contribution in [0.2, 0.25) is 0 Å². The lowest BCUT2D eigenvalue weighted by atomic mass is 9.91. The smallest absolute Gasteiger partial charge is 0.336 e. The molecule has 0 aliphatic rings. The van der Waals surface area contributed by atoms with Crippen LogP contribution in [0.25, 0.3) is 55.0 Å². The highest BCUT2D eigenvalue weighted by molar-refractivity contribution is 6.16. The van der Waals surface area contributed by atoms with Crippen molar-refractivity contribution in [2.24, 2.45) is 0 Å². The molecule has 0 bridgehead atoms. The molecule has 4 heterocycles. The standard InChI is InChI=1S/C36H30O10/c1-17(2)7-9-21-23-11-13-27(39)45-31(23)35(43-19(5)37)33-29(21)25(15-41-33)26-16-42-34-30(26)22(10-8-18(3)4)24-12-14-28(40)46-32(24)36(34)44-20(6)38/h7-8,11-16H,9-10H2,1-6H3. The molecule has 234 valence electrons. The lowest BCUT2D eigenvalue weighted by Gasteiger charge is -2.13. The molecule has 6 aromatic rings. The molecule has 0 atom stereocenters. The van der Waals surface area contributed by atoms with Crippen LogP contribution in [-0.4, -0.2) is 11.9 Å². The third-order valence-electron chi connectivity index (χ3n) is 7.54. The fourth-order valence-electron chi connectivity index (χ4n) is 5.68.